The molecule has 4 nitrogen and oxygen atoms in total. The highest BCUT2D eigenvalue weighted by molar-refractivity contribution is 5.84. The Kier molecular flexibility index (Phi) is 3.63. The third-order valence-corrected chi connectivity index (χ3v) is 4.13. The van der Waals surface area contributed by atoms with Crippen molar-refractivity contribution in [1.29, 1.82) is 0 Å². The molecule has 24 heavy (non-hydrogen) atoms. The summed E-state index contributed by atoms with van der Waals surface area (Å²) in [6.07, 6.45) is 5.62. The Labute approximate surface area is 139 Å². The Bertz CT molecular complexity index is 963. The molecule has 0 aliphatic carbocycles. The number of rotatable bonds is 4. The summed E-state index contributed by atoms with van der Waals surface area (Å²) in [5, 5.41) is 14.4. The number of hydrogen-bond acceptors (Lipinski definition) is 3. The van der Waals surface area contributed by atoms with Gasteiger partial charge in [0.15, 0.2) is 0 Å². The molecule has 0 radical (unpaired) electrons. The number of aromatic hydroxyl groups is 1. The molecule has 0 saturated heterocycles. The smallest absolute Gasteiger partial charge is 0.117 e. The average molecular weight is 315 g/mol. The maximum atomic E-state index is 9.74. The van der Waals surface area contributed by atoms with Crippen LogP contribution >= 0.6 is 0 Å². The van der Waals surface area contributed by atoms with Crippen molar-refractivity contribution in [2.45, 2.75) is 6.04 Å². The molecular weight excluding hydrogens is 298 g/mol. The number of aromatic amines is 1. The van der Waals surface area contributed by atoms with Crippen LogP contribution in [0.4, 0.5) is 5.69 Å². The number of nitrogens with one attached hydrogen (secondary N) is 2. The lowest BCUT2D eigenvalue weighted by atomic mass is 9.98. The molecule has 2 aromatic carbocycles. The summed E-state index contributed by atoms with van der Waals surface area (Å²) in [7, 11) is 0. The predicted octanol–water partition coefficient (Wildman–Crippen LogP) is 4.47. The van der Waals surface area contributed by atoms with Crippen LogP contribution in [0.1, 0.15) is 17.2 Å². The van der Waals surface area contributed by atoms with Crippen LogP contribution in [0.3, 0.4) is 0 Å². The van der Waals surface area contributed by atoms with Crippen molar-refractivity contribution in [2.24, 2.45) is 0 Å². The second-order valence-electron chi connectivity index (χ2n) is 5.70. The molecule has 0 spiro atoms. The first-order valence-electron chi connectivity index (χ1n) is 7.83. The van der Waals surface area contributed by atoms with Crippen molar-refractivity contribution < 1.29 is 5.11 Å². The van der Waals surface area contributed by atoms with E-state index in [-0.39, 0.29) is 11.8 Å². The number of hydrogen-bond donors (Lipinski definition) is 3. The second-order valence-corrected chi connectivity index (χ2v) is 5.70. The molecule has 0 amide bonds. The Hall–Kier alpha value is -3.27. The predicted molar refractivity (Wildman–Crippen MR) is 96.1 cm³/mol. The van der Waals surface area contributed by atoms with Crippen LogP contribution in [-0.4, -0.2) is 15.1 Å². The average Bonchev–Trinajstić information content (AvgIpc) is 3.04. The van der Waals surface area contributed by atoms with Crippen molar-refractivity contribution >= 4 is 16.6 Å². The number of H-pyrrole nitrogens is 1. The van der Waals surface area contributed by atoms with Crippen LogP contribution in [0.2, 0.25) is 0 Å². The lowest BCUT2D eigenvalue weighted by molar-refractivity contribution is 0.475. The van der Waals surface area contributed by atoms with E-state index in [9.17, 15) is 5.11 Å². The minimum Gasteiger partial charge on any atom is -0.508 e. The SMILES string of the molecule is Oc1cccc(NC(c2ccncc2)c2c[nH]c3ccccc23)c1. The number of aromatic nitrogens is 2. The molecule has 4 heteroatoms. The van der Waals surface area contributed by atoms with Crippen LogP contribution in [0.5, 0.6) is 5.75 Å². The number of anilines is 1. The maximum absolute atomic E-state index is 9.74. The van der Waals surface area contributed by atoms with Gasteiger partial charge in [0.25, 0.3) is 0 Å². The third-order valence-electron chi connectivity index (χ3n) is 4.13. The van der Waals surface area contributed by atoms with Gasteiger partial charge in [-0.05, 0) is 35.9 Å². The molecule has 0 bridgehead atoms. The van der Waals surface area contributed by atoms with Gasteiger partial charge in [-0.15, -0.1) is 0 Å². The Balaban J connectivity index is 1.82. The van der Waals surface area contributed by atoms with E-state index in [2.05, 4.69) is 27.4 Å². The molecule has 1 unspecified atom stereocenters. The summed E-state index contributed by atoms with van der Waals surface area (Å²) >= 11 is 0. The molecular formula is C20H17N3O. The van der Waals surface area contributed by atoms with Crippen molar-refractivity contribution in [2.75, 3.05) is 5.32 Å². The summed E-state index contributed by atoms with van der Waals surface area (Å²) in [6.45, 7) is 0. The molecule has 2 heterocycles. The summed E-state index contributed by atoms with van der Waals surface area (Å²) in [4.78, 5) is 7.45. The van der Waals surface area contributed by atoms with E-state index in [1.807, 2.05) is 42.6 Å². The monoisotopic (exact) mass is 315 g/mol. The normalized spacial score (nSPS) is 12.2. The number of para-hydroxylation sites is 1. The van der Waals surface area contributed by atoms with Crippen molar-refractivity contribution in [1.82, 2.24) is 9.97 Å². The van der Waals surface area contributed by atoms with Gasteiger partial charge in [-0.25, -0.2) is 0 Å². The van der Waals surface area contributed by atoms with Gasteiger partial charge >= 0.3 is 0 Å². The minimum absolute atomic E-state index is 0.0500. The minimum atomic E-state index is -0.0500. The number of benzene rings is 2. The van der Waals surface area contributed by atoms with Crippen LogP contribution in [0, 0.1) is 0 Å². The van der Waals surface area contributed by atoms with Crippen molar-refractivity contribution in [3.63, 3.8) is 0 Å². The van der Waals surface area contributed by atoms with E-state index >= 15 is 0 Å². The van der Waals surface area contributed by atoms with Gasteiger partial charge < -0.3 is 15.4 Å². The van der Waals surface area contributed by atoms with E-state index in [4.69, 9.17) is 0 Å². The highest BCUT2D eigenvalue weighted by Gasteiger charge is 2.18. The zero-order valence-electron chi connectivity index (χ0n) is 13.0. The molecule has 118 valence electrons. The fourth-order valence-electron chi connectivity index (χ4n) is 2.99. The molecule has 0 aliphatic heterocycles. The van der Waals surface area contributed by atoms with Crippen LogP contribution in [0.25, 0.3) is 10.9 Å². The molecule has 4 aromatic rings. The van der Waals surface area contributed by atoms with Gasteiger partial charge in [0, 0.05) is 46.8 Å². The highest BCUT2D eigenvalue weighted by Crippen LogP contribution is 2.32. The molecule has 0 fully saturated rings. The Morgan fingerprint density at radius 2 is 1.79 bits per heavy atom. The summed E-state index contributed by atoms with van der Waals surface area (Å²) in [5.74, 6) is 0.243. The number of nitrogens with zero attached hydrogens (tertiary/aromatic N) is 1. The summed E-state index contributed by atoms with van der Waals surface area (Å²) in [6, 6.07) is 19.4. The Morgan fingerprint density at radius 3 is 2.62 bits per heavy atom. The van der Waals surface area contributed by atoms with E-state index < -0.39 is 0 Å². The van der Waals surface area contributed by atoms with Crippen molar-refractivity contribution in [3.8, 4) is 5.75 Å². The molecule has 0 saturated carbocycles. The van der Waals surface area contributed by atoms with E-state index in [1.165, 1.54) is 5.39 Å². The van der Waals surface area contributed by atoms with Gasteiger partial charge in [0.1, 0.15) is 5.75 Å². The fourth-order valence-corrected chi connectivity index (χ4v) is 2.99. The topological polar surface area (TPSA) is 60.9 Å². The fraction of sp³-hybridized carbons (Fsp3) is 0.0500. The number of phenols is 1. The first kappa shape index (κ1) is 14.3. The third kappa shape index (κ3) is 2.70. The van der Waals surface area contributed by atoms with E-state index in [0.717, 1.165) is 22.3 Å². The van der Waals surface area contributed by atoms with Gasteiger partial charge in [0.2, 0.25) is 0 Å². The standard InChI is InChI=1S/C20H17N3O/c24-16-5-3-4-15(12-16)23-20(14-8-10-21-11-9-14)18-13-22-19-7-2-1-6-17(18)19/h1-13,20,22-24H. The summed E-state index contributed by atoms with van der Waals surface area (Å²) < 4.78 is 0. The number of fused-ring (bicyclic) bond motifs is 1. The van der Waals surface area contributed by atoms with E-state index in [1.54, 1.807) is 24.5 Å². The first-order valence-corrected chi connectivity index (χ1v) is 7.83. The lowest BCUT2D eigenvalue weighted by Gasteiger charge is -2.20. The van der Waals surface area contributed by atoms with Gasteiger partial charge in [-0.2, -0.15) is 0 Å². The highest BCUT2D eigenvalue weighted by atomic mass is 16.3. The second kappa shape index (κ2) is 6.08. The quantitative estimate of drug-likeness (QED) is 0.521. The molecule has 4 rings (SSSR count). The van der Waals surface area contributed by atoms with Gasteiger partial charge in [0.05, 0.1) is 6.04 Å². The van der Waals surface area contributed by atoms with Crippen LogP contribution < -0.4 is 5.32 Å². The number of pyridine rings is 1. The molecule has 1 atom stereocenters. The Morgan fingerprint density at radius 1 is 0.958 bits per heavy atom. The maximum Gasteiger partial charge on any atom is 0.117 e. The van der Waals surface area contributed by atoms with Gasteiger partial charge in [-0.3, -0.25) is 4.98 Å². The van der Waals surface area contributed by atoms with Gasteiger partial charge in [-0.1, -0.05) is 24.3 Å². The van der Waals surface area contributed by atoms with Crippen LogP contribution in [0.15, 0.2) is 79.3 Å². The zero-order chi connectivity index (χ0) is 16.4. The van der Waals surface area contributed by atoms with Crippen LogP contribution in [-0.2, 0) is 0 Å². The molecule has 3 N–H and O–H groups in total. The lowest BCUT2D eigenvalue weighted by Crippen LogP contribution is -2.12. The largest absolute Gasteiger partial charge is 0.508 e. The summed E-state index contributed by atoms with van der Waals surface area (Å²) in [5.41, 5.74) is 4.23. The molecule has 2 aromatic heterocycles. The zero-order valence-corrected chi connectivity index (χ0v) is 13.0. The van der Waals surface area contributed by atoms with Crippen molar-refractivity contribution in [3.05, 3.63) is 90.4 Å². The number of phenolic OH excluding ortho intramolecular Hbond substituents is 1. The van der Waals surface area contributed by atoms with E-state index in [0.29, 0.717) is 0 Å². The first-order chi connectivity index (χ1) is 11.8. The molecule has 0 aliphatic rings.